The number of aromatic nitrogens is 3. The summed E-state index contributed by atoms with van der Waals surface area (Å²) < 4.78 is 15.0. The van der Waals surface area contributed by atoms with E-state index in [0.717, 1.165) is 4.47 Å². The molecule has 0 aliphatic heterocycles. The second kappa shape index (κ2) is 5.70. The van der Waals surface area contributed by atoms with Gasteiger partial charge in [0.25, 0.3) is 5.91 Å². The molecule has 1 heterocycles. The number of alkyl halides is 1. The molecule has 5 nitrogen and oxygen atoms in total. The summed E-state index contributed by atoms with van der Waals surface area (Å²) in [5, 5.41) is 10.3. The molecule has 1 N–H and O–H groups in total. The molecule has 0 unspecified atom stereocenters. The lowest BCUT2D eigenvalue weighted by atomic mass is 10.1. The van der Waals surface area contributed by atoms with Crippen molar-refractivity contribution in [2.75, 3.05) is 6.67 Å². The number of rotatable bonds is 4. The predicted molar refractivity (Wildman–Crippen MR) is 76.6 cm³/mol. The lowest BCUT2D eigenvalue weighted by Crippen LogP contribution is -2.45. The minimum absolute atomic E-state index is 0.249. The Bertz CT molecular complexity index is 626. The lowest BCUT2D eigenvalue weighted by Gasteiger charge is -2.22. The van der Waals surface area contributed by atoms with Gasteiger partial charge in [-0.2, -0.15) is 0 Å². The largest absolute Gasteiger partial charge is 0.343 e. The van der Waals surface area contributed by atoms with Crippen LogP contribution in [0.5, 0.6) is 0 Å². The first-order valence-corrected chi connectivity index (χ1v) is 6.78. The number of carbonyl (C=O) groups is 1. The molecule has 0 fully saturated rings. The van der Waals surface area contributed by atoms with Crippen molar-refractivity contribution in [3.8, 4) is 5.69 Å². The second-order valence-corrected chi connectivity index (χ2v) is 5.81. The summed E-state index contributed by atoms with van der Waals surface area (Å²) in [7, 11) is 0. The number of hydrogen-bond donors (Lipinski definition) is 1. The van der Waals surface area contributed by atoms with Crippen LogP contribution in [0.3, 0.4) is 0 Å². The minimum atomic E-state index is -0.930. The summed E-state index contributed by atoms with van der Waals surface area (Å²) in [6.07, 6.45) is 1.35. The standard InChI is InChI=1S/C13H14BrFN4O/c1-13(2,8-15)17-12(20)11-7-16-18-19(11)10-6-4-3-5-9(10)14/h3-7H,8H2,1-2H3,(H,17,20). The Morgan fingerprint density at radius 3 is 2.80 bits per heavy atom. The van der Waals surface area contributed by atoms with Gasteiger partial charge >= 0.3 is 0 Å². The number of nitrogens with zero attached hydrogens (tertiary/aromatic N) is 3. The normalized spacial score (nSPS) is 11.4. The number of amides is 1. The number of halogens is 2. The van der Waals surface area contributed by atoms with Gasteiger partial charge in [-0.1, -0.05) is 17.3 Å². The van der Waals surface area contributed by atoms with Crippen molar-refractivity contribution in [1.29, 1.82) is 0 Å². The van der Waals surface area contributed by atoms with Gasteiger partial charge in [0, 0.05) is 4.47 Å². The van der Waals surface area contributed by atoms with Crippen LogP contribution < -0.4 is 5.32 Å². The van der Waals surface area contributed by atoms with Crippen LogP contribution in [0.2, 0.25) is 0 Å². The van der Waals surface area contributed by atoms with E-state index < -0.39 is 18.1 Å². The summed E-state index contributed by atoms with van der Waals surface area (Å²) in [6, 6.07) is 7.32. The zero-order valence-corrected chi connectivity index (χ0v) is 12.7. The highest BCUT2D eigenvalue weighted by atomic mass is 79.9. The van der Waals surface area contributed by atoms with Crippen molar-refractivity contribution < 1.29 is 9.18 Å². The van der Waals surface area contributed by atoms with Crippen LogP contribution in [0.15, 0.2) is 34.9 Å². The molecule has 0 radical (unpaired) electrons. The molecule has 0 atom stereocenters. The van der Waals surface area contributed by atoms with Crippen LogP contribution in [0.1, 0.15) is 24.3 Å². The molecule has 1 aromatic carbocycles. The topological polar surface area (TPSA) is 59.8 Å². The lowest BCUT2D eigenvalue weighted by molar-refractivity contribution is 0.0891. The third kappa shape index (κ3) is 3.04. The van der Waals surface area contributed by atoms with Gasteiger partial charge < -0.3 is 5.32 Å². The van der Waals surface area contributed by atoms with Crippen molar-refractivity contribution in [2.24, 2.45) is 0 Å². The quantitative estimate of drug-likeness (QED) is 0.930. The van der Waals surface area contributed by atoms with Gasteiger partial charge in [0.05, 0.1) is 17.4 Å². The Balaban J connectivity index is 2.35. The predicted octanol–water partition coefficient (Wildman–Crippen LogP) is 2.51. The van der Waals surface area contributed by atoms with Crippen molar-refractivity contribution in [2.45, 2.75) is 19.4 Å². The molecule has 0 bridgehead atoms. The molecular formula is C13H14BrFN4O. The van der Waals surface area contributed by atoms with E-state index in [4.69, 9.17) is 0 Å². The van der Waals surface area contributed by atoms with E-state index in [1.165, 1.54) is 10.9 Å². The maximum atomic E-state index is 12.8. The Morgan fingerprint density at radius 1 is 1.45 bits per heavy atom. The highest BCUT2D eigenvalue weighted by Crippen LogP contribution is 2.21. The highest BCUT2D eigenvalue weighted by Gasteiger charge is 2.24. The third-order valence-electron chi connectivity index (χ3n) is 2.65. The van der Waals surface area contributed by atoms with Crippen LogP contribution >= 0.6 is 15.9 Å². The number of hydrogen-bond acceptors (Lipinski definition) is 3. The number of benzene rings is 1. The van der Waals surface area contributed by atoms with Crippen LogP contribution in [0.4, 0.5) is 4.39 Å². The van der Waals surface area contributed by atoms with Gasteiger partial charge in [0.15, 0.2) is 5.69 Å². The van der Waals surface area contributed by atoms with Gasteiger partial charge in [0.1, 0.15) is 6.67 Å². The average molecular weight is 341 g/mol. The van der Waals surface area contributed by atoms with E-state index in [1.54, 1.807) is 19.9 Å². The smallest absolute Gasteiger partial charge is 0.272 e. The zero-order valence-electron chi connectivity index (χ0n) is 11.1. The number of carbonyl (C=O) groups excluding carboxylic acids is 1. The molecule has 0 spiro atoms. The monoisotopic (exact) mass is 340 g/mol. The van der Waals surface area contributed by atoms with Gasteiger partial charge in [-0.3, -0.25) is 4.79 Å². The molecule has 0 saturated heterocycles. The fraction of sp³-hybridized carbons (Fsp3) is 0.308. The molecule has 2 rings (SSSR count). The molecule has 0 saturated carbocycles. The van der Waals surface area contributed by atoms with E-state index in [-0.39, 0.29) is 5.69 Å². The summed E-state index contributed by atoms with van der Waals surface area (Å²) in [5.41, 5.74) is 0.00624. The van der Waals surface area contributed by atoms with Gasteiger partial charge in [0.2, 0.25) is 0 Å². The Labute approximate surface area is 124 Å². The molecule has 0 aliphatic carbocycles. The van der Waals surface area contributed by atoms with E-state index in [0.29, 0.717) is 5.69 Å². The van der Waals surface area contributed by atoms with Crippen LogP contribution in [0.25, 0.3) is 5.69 Å². The molecule has 0 aliphatic rings. The molecule has 20 heavy (non-hydrogen) atoms. The maximum absolute atomic E-state index is 12.8. The number of nitrogens with one attached hydrogen (secondary N) is 1. The van der Waals surface area contributed by atoms with E-state index in [9.17, 15) is 9.18 Å². The van der Waals surface area contributed by atoms with E-state index >= 15 is 0 Å². The molecule has 2 aromatic rings. The molecule has 7 heteroatoms. The minimum Gasteiger partial charge on any atom is -0.343 e. The van der Waals surface area contributed by atoms with Crippen molar-refractivity contribution >= 4 is 21.8 Å². The van der Waals surface area contributed by atoms with Gasteiger partial charge in [-0.05, 0) is 41.9 Å². The Morgan fingerprint density at radius 2 is 2.15 bits per heavy atom. The maximum Gasteiger partial charge on any atom is 0.272 e. The summed E-state index contributed by atoms with van der Waals surface area (Å²) in [5.74, 6) is -0.423. The van der Waals surface area contributed by atoms with Gasteiger partial charge in [-0.25, -0.2) is 9.07 Å². The number of para-hydroxylation sites is 1. The molecule has 106 valence electrons. The first-order chi connectivity index (χ1) is 9.44. The van der Waals surface area contributed by atoms with Crippen LogP contribution in [0, 0.1) is 0 Å². The molecular weight excluding hydrogens is 327 g/mol. The fourth-order valence-electron chi connectivity index (χ4n) is 1.60. The summed E-state index contributed by atoms with van der Waals surface area (Å²) in [4.78, 5) is 12.2. The van der Waals surface area contributed by atoms with Crippen LogP contribution in [-0.4, -0.2) is 33.1 Å². The van der Waals surface area contributed by atoms with Crippen molar-refractivity contribution in [1.82, 2.24) is 20.3 Å². The second-order valence-electron chi connectivity index (χ2n) is 4.95. The SMILES string of the molecule is CC(C)(CF)NC(=O)c1cnnn1-c1ccccc1Br. The summed E-state index contributed by atoms with van der Waals surface area (Å²) in [6.45, 7) is 2.56. The summed E-state index contributed by atoms with van der Waals surface area (Å²) >= 11 is 3.40. The fourth-order valence-corrected chi connectivity index (χ4v) is 2.05. The first-order valence-electron chi connectivity index (χ1n) is 5.99. The van der Waals surface area contributed by atoms with Crippen molar-refractivity contribution in [3.05, 3.63) is 40.6 Å². The molecule has 1 aromatic heterocycles. The highest BCUT2D eigenvalue weighted by molar-refractivity contribution is 9.10. The Hall–Kier alpha value is -1.76. The van der Waals surface area contributed by atoms with E-state index in [1.807, 2.05) is 18.2 Å². The molecule has 1 amide bonds. The average Bonchev–Trinajstić information content (AvgIpc) is 2.88. The first kappa shape index (κ1) is 14.6. The van der Waals surface area contributed by atoms with Crippen LogP contribution in [-0.2, 0) is 0 Å². The third-order valence-corrected chi connectivity index (χ3v) is 3.32. The zero-order chi connectivity index (χ0) is 14.8. The van der Waals surface area contributed by atoms with Gasteiger partial charge in [-0.15, -0.1) is 5.10 Å². The van der Waals surface area contributed by atoms with Crippen molar-refractivity contribution in [3.63, 3.8) is 0 Å². The van der Waals surface area contributed by atoms with E-state index in [2.05, 4.69) is 31.6 Å². The Kier molecular flexibility index (Phi) is 4.17.